The minimum atomic E-state index is -0.790. The Morgan fingerprint density at radius 1 is 1.08 bits per heavy atom. The molecule has 1 heterocycles. The number of carbonyl (C=O) groups excluding carboxylic acids is 3. The summed E-state index contributed by atoms with van der Waals surface area (Å²) in [7, 11) is 2.37. The number of benzene rings is 1. The van der Waals surface area contributed by atoms with E-state index in [0.29, 0.717) is 5.02 Å². The molecule has 0 aromatic heterocycles. The number of nitrogens with zero attached hydrogens (tertiary/aromatic N) is 1. The van der Waals surface area contributed by atoms with Gasteiger partial charge in [-0.05, 0) is 30.4 Å². The number of anilines is 1. The van der Waals surface area contributed by atoms with E-state index in [2.05, 4.69) is 0 Å². The van der Waals surface area contributed by atoms with Crippen LogP contribution in [0.25, 0.3) is 0 Å². The first kappa shape index (κ1) is 18.3. The summed E-state index contributed by atoms with van der Waals surface area (Å²) in [5, 5.41) is 0.297. The number of halogens is 1. The van der Waals surface area contributed by atoms with E-state index in [9.17, 15) is 14.4 Å². The normalized spacial score (nSPS) is 13.5. The maximum absolute atomic E-state index is 12.3. The van der Waals surface area contributed by atoms with E-state index in [1.54, 1.807) is 12.2 Å². The van der Waals surface area contributed by atoms with Gasteiger partial charge in [0.25, 0.3) is 5.91 Å². The van der Waals surface area contributed by atoms with Gasteiger partial charge in [0.15, 0.2) is 0 Å². The van der Waals surface area contributed by atoms with Crippen LogP contribution in [0, 0.1) is 0 Å². The number of ether oxygens (including phenoxy) is 2. The molecular weight excluding hydrogens is 348 g/mol. The molecule has 1 aromatic carbocycles. The largest absolute Gasteiger partial charge is 0.465 e. The average Bonchev–Trinajstić information content (AvgIpc) is 2.83. The molecular formula is C17H15ClN2O5. The molecule has 0 radical (unpaired) electrons. The molecule has 7 nitrogen and oxygen atoms in total. The lowest BCUT2D eigenvalue weighted by Crippen LogP contribution is -2.28. The minimum Gasteiger partial charge on any atom is -0.465 e. The van der Waals surface area contributed by atoms with Crippen molar-refractivity contribution in [3.8, 4) is 0 Å². The first-order valence-corrected chi connectivity index (χ1v) is 7.42. The Kier molecular flexibility index (Phi) is 5.61. The van der Waals surface area contributed by atoms with Gasteiger partial charge < -0.3 is 20.1 Å². The third kappa shape index (κ3) is 3.72. The highest BCUT2D eigenvalue weighted by molar-refractivity contribution is 6.31. The van der Waals surface area contributed by atoms with Crippen LogP contribution >= 0.6 is 11.6 Å². The fourth-order valence-corrected chi connectivity index (χ4v) is 2.44. The van der Waals surface area contributed by atoms with E-state index >= 15 is 0 Å². The summed E-state index contributed by atoms with van der Waals surface area (Å²) >= 11 is 5.93. The molecule has 2 N–H and O–H groups in total. The number of allylic oxidation sites excluding steroid dienone is 2. The molecule has 0 saturated carbocycles. The number of rotatable bonds is 4. The minimum absolute atomic E-state index is 0.0373. The van der Waals surface area contributed by atoms with Gasteiger partial charge in [0.05, 0.1) is 31.0 Å². The predicted molar refractivity (Wildman–Crippen MR) is 91.8 cm³/mol. The quantitative estimate of drug-likeness (QED) is 0.822. The molecule has 0 saturated heterocycles. The lowest BCUT2D eigenvalue weighted by atomic mass is 10.1. The summed E-state index contributed by atoms with van der Waals surface area (Å²) in [5.74, 6) is -2.27. The SMILES string of the molecule is COC(=O)C1=C(C(=O)OC)N(c2ccc(Cl)cc2C(N)=O)C=CC=C1. The van der Waals surface area contributed by atoms with Crippen molar-refractivity contribution in [2.45, 2.75) is 0 Å². The Balaban J connectivity index is 2.76. The van der Waals surface area contributed by atoms with Crippen LogP contribution in [0.1, 0.15) is 10.4 Å². The van der Waals surface area contributed by atoms with Gasteiger partial charge in [0, 0.05) is 11.2 Å². The summed E-state index contributed by atoms with van der Waals surface area (Å²) < 4.78 is 9.52. The molecule has 0 unspecified atom stereocenters. The summed E-state index contributed by atoms with van der Waals surface area (Å²) in [5.41, 5.74) is 5.59. The van der Waals surface area contributed by atoms with Crippen LogP contribution in [0.5, 0.6) is 0 Å². The second-order valence-corrected chi connectivity index (χ2v) is 5.28. The molecule has 0 aliphatic carbocycles. The number of carbonyl (C=O) groups is 3. The fraction of sp³-hybridized carbons (Fsp3) is 0.118. The summed E-state index contributed by atoms with van der Waals surface area (Å²) in [6, 6.07) is 4.41. The lowest BCUT2D eigenvalue weighted by Gasteiger charge is -2.24. The van der Waals surface area contributed by atoms with Crippen LogP contribution in [-0.4, -0.2) is 32.1 Å². The zero-order chi connectivity index (χ0) is 18.6. The number of hydrogen-bond acceptors (Lipinski definition) is 6. The number of primary amides is 1. The molecule has 2 rings (SSSR count). The molecule has 0 bridgehead atoms. The van der Waals surface area contributed by atoms with E-state index in [4.69, 9.17) is 26.8 Å². The van der Waals surface area contributed by atoms with Crippen molar-refractivity contribution in [1.29, 1.82) is 0 Å². The van der Waals surface area contributed by atoms with Crippen molar-refractivity contribution in [2.24, 2.45) is 5.73 Å². The predicted octanol–water partition coefficient (Wildman–Crippen LogP) is 1.93. The van der Waals surface area contributed by atoms with Gasteiger partial charge in [-0.1, -0.05) is 17.7 Å². The lowest BCUT2D eigenvalue weighted by molar-refractivity contribution is -0.139. The Hall–Kier alpha value is -3.06. The Labute approximate surface area is 148 Å². The first-order chi connectivity index (χ1) is 11.9. The fourth-order valence-electron chi connectivity index (χ4n) is 2.27. The van der Waals surface area contributed by atoms with Gasteiger partial charge in [-0.25, -0.2) is 9.59 Å². The summed E-state index contributed by atoms with van der Waals surface area (Å²) in [6.07, 6.45) is 6.04. The van der Waals surface area contributed by atoms with Gasteiger partial charge in [0.2, 0.25) is 0 Å². The van der Waals surface area contributed by atoms with Gasteiger partial charge in [0.1, 0.15) is 5.70 Å². The molecule has 0 spiro atoms. The number of amides is 1. The van der Waals surface area contributed by atoms with Crippen LogP contribution in [0.15, 0.2) is 53.9 Å². The smallest absolute Gasteiger partial charge is 0.355 e. The highest BCUT2D eigenvalue weighted by atomic mass is 35.5. The maximum Gasteiger partial charge on any atom is 0.355 e. The number of methoxy groups -OCH3 is 2. The molecule has 130 valence electrons. The summed E-state index contributed by atoms with van der Waals surface area (Å²) in [4.78, 5) is 37.6. The standard InChI is InChI=1S/C17H15ClN2O5/c1-24-16(22)11-5-3-4-8-20(14(11)17(23)25-2)13-7-6-10(18)9-12(13)15(19)21/h3-9H,1-2H3,(H2,19,21). The van der Waals surface area contributed by atoms with Crippen LogP contribution in [0.3, 0.4) is 0 Å². The second kappa shape index (κ2) is 7.67. The zero-order valence-corrected chi connectivity index (χ0v) is 14.2. The molecule has 0 fully saturated rings. The van der Waals surface area contributed by atoms with Crippen molar-refractivity contribution < 1.29 is 23.9 Å². The molecule has 25 heavy (non-hydrogen) atoms. The van der Waals surface area contributed by atoms with Crippen molar-refractivity contribution in [2.75, 3.05) is 19.1 Å². The van der Waals surface area contributed by atoms with Gasteiger partial charge in [-0.15, -0.1) is 0 Å². The topological polar surface area (TPSA) is 98.9 Å². The van der Waals surface area contributed by atoms with E-state index in [1.807, 2.05) is 0 Å². The molecule has 1 amide bonds. The number of esters is 2. The van der Waals surface area contributed by atoms with Crippen molar-refractivity contribution in [1.82, 2.24) is 0 Å². The second-order valence-electron chi connectivity index (χ2n) is 4.84. The maximum atomic E-state index is 12.3. The van der Waals surface area contributed by atoms with Crippen molar-refractivity contribution in [3.63, 3.8) is 0 Å². The third-order valence-corrected chi connectivity index (χ3v) is 3.61. The molecule has 1 aliphatic heterocycles. The average molecular weight is 363 g/mol. The highest BCUT2D eigenvalue weighted by Gasteiger charge is 2.29. The number of hydrogen-bond donors (Lipinski definition) is 1. The number of nitrogens with two attached hydrogens (primary N) is 1. The zero-order valence-electron chi connectivity index (χ0n) is 13.5. The van der Waals surface area contributed by atoms with E-state index < -0.39 is 17.8 Å². The first-order valence-electron chi connectivity index (χ1n) is 7.05. The third-order valence-electron chi connectivity index (χ3n) is 3.37. The van der Waals surface area contributed by atoms with Gasteiger partial charge in [-0.3, -0.25) is 4.79 Å². The molecule has 1 aliphatic rings. The van der Waals surface area contributed by atoms with Crippen LogP contribution in [0.4, 0.5) is 5.69 Å². The van der Waals surface area contributed by atoms with E-state index in [-0.39, 0.29) is 22.5 Å². The van der Waals surface area contributed by atoms with Crippen molar-refractivity contribution in [3.05, 3.63) is 64.5 Å². The Morgan fingerprint density at radius 2 is 1.76 bits per heavy atom. The van der Waals surface area contributed by atoms with E-state index in [0.717, 1.165) is 0 Å². The van der Waals surface area contributed by atoms with Crippen LogP contribution < -0.4 is 10.6 Å². The Morgan fingerprint density at radius 3 is 2.36 bits per heavy atom. The molecule has 8 heteroatoms. The Bertz CT molecular complexity index is 826. The van der Waals surface area contributed by atoms with E-state index in [1.165, 1.54) is 49.6 Å². The summed E-state index contributed by atoms with van der Waals surface area (Å²) in [6.45, 7) is 0. The molecule has 1 aromatic rings. The van der Waals surface area contributed by atoms with Crippen molar-refractivity contribution >= 4 is 35.1 Å². The molecule has 0 atom stereocenters. The van der Waals surface area contributed by atoms with Crippen LogP contribution in [0.2, 0.25) is 5.02 Å². The van der Waals surface area contributed by atoms with Gasteiger partial charge in [-0.2, -0.15) is 0 Å². The van der Waals surface area contributed by atoms with Crippen LogP contribution in [-0.2, 0) is 19.1 Å². The van der Waals surface area contributed by atoms with Gasteiger partial charge >= 0.3 is 11.9 Å². The highest BCUT2D eigenvalue weighted by Crippen LogP contribution is 2.30. The monoisotopic (exact) mass is 362 g/mol.